The zero-order chi connectivity index (χ0) is 24.0. The fourth-order valence-corrected chi connectivity index (χ4v) is 5.14. The Hall–Kier alpha value is -3.20. The molecule has 2 aliphatic rings. The molecule has 1 aliphatic heterocycles. The zero-order valence-electron chi connectivity index (χ0n) is 19.8. The predicted octanol–water partition coefficient (Wildman–Crippen LogP) is 4.74. The Bertz CT molecular complexity index is 1270. The largest absolute Gasteiger partial charge is 0.465 e. The molecule has 9 heteroatoms. The summed E-state index contributed by atoms with van der Waals surface area (Å²) >= 11 is 1.59. The van der Waals surface area contributed by atoms with E-state index in [0.717, 1.165) is 34.6 Å². The van der Waals surface area contributed by atoms with Gasteiger partial charge in [-0.25, -0.2) is 14.6 Å². The van der Waals surface area contributed by atoms with Crippen molar-refractivity contribution < 1.29 is 19.1 Å². The molecular weight excluding hydrogens is 452 g/mol. The van der Waals surface area contributed by atoms with Crippen LogP contribution in [0, 0.1) is 5.92 Å². The van der Waals surface area contributed by atoms with E-state index in [2.05, 4.69) is 15.6 Å². The van der Waals surface area contributed by atoms with Gasteiger partial charge < -0.3 is 18.9 Å². The van der Waals surface area contributed by atoms with E-state index in [4.69, 9.17) is 14.5 Å². The lowest BCUT2D eigenvalue weighted by molar-refractivity contribution is 0.0213. The molecule has 178 valence electrons. The summed E-state index contributed by atoms with van der Waals surface area (Å²) in [7, 11) is 1.38. The highest BCUT2D eigenvalue weighted by atomic mass is 32.1. The van der Waals surface area contributed by atoms with Crippen LogP contribution in [0.4, 0.5) is 4.79 Å². The van der Waals surface area contributed by atoms with Gasteiger partial charge in [-0.15, -0.1) is 11.3 Å². The van der Waals surface area contributed by atoms with Crippen LogP contribution in [0.1, 0.15) is 54.7 Å². The molecule has 1 saturated carbocycles. The Kier molecular flexibility index (Phi) is 5.67. The maximum Gasteiger partial charge on any atom is 0.410 e. The van der Waals surface area contributed by atoms with Gasteiger partial charge in [-0.3, -0.25) is 4.98 Å². The first-order valence-corrected chi connectivity index (χ1v) is 12.3. The first-order chi connectivity index (χ1) is 16.2. The fourth-order valence-electron chi connectivity index (χ4n) is 4.56. The van der Waals surface area contributed by atoms with Crippen LogP contribution >= 0.6 is 11.3 Å². The third-order valence-corrected chi connectivity index (χ3v) is 6.98. The summed E-state index contributed by atoms with van der Waals surface area (Å²) in [6, 6.07) is 5.63. The number of thiazole rings is 1. The van der Waals surface area contributed by atoms with Crippen molar-refractivity contribution in [2.45, 2.75) is 51.8 Å². The molecule has 1 aliphatic carbocycles. The number of nitrogens with zero attached hydrogens (tertiary/aromatic N) is 4. The quantitative estimate of drug-likeness (QED) is 0.502. The Morgan fingerprint density at radius 2 is 2.12 bits per heavy atom. The second-order valence-electron chi connectivity index (χ2n) is 9.77. The lowest BCUT2D eigenvalue weighted by atomic mass is 10.0. The molecule has 1 aromatic carbocycles. The number of amides is 1. The Morgan fingerprint density at radius 1 is 1.29 bits per heavy atom. The van der Waals surface area contributed by atoms with E-state index in [9.17, 15) is 9.59 Å². The van der Waals surface area contributed by atoms with Crippen molar-refractivity contribution in [1.29, 1.82) is 0 Å². The number of imidazole rings is 1. The number of hydrogen-bond donors (Lipinski definition) is 0. The molecule has 2 aromatic heterocycles. The molecule has 2 fully saturated rings. The highest BCUT2D eigenvalue weighted by molar-refractivity contribution is 7.09. The predicted molar refractivity (Wildman–Crippen MR) is 130 cm³/mol. The maximum absolute atomic E-state index is 12.6. The minimum Gasteiger partial charge on any atom is -0.465 e. The van der Waals surface area contributed by atoms with Crippen LogP contribution in [0.15, 0.2) is 35.5 Å². The summed E-state index contributed by atoms with van der Waals surface area (Å²) < 4.78 is 12.6. The number of piperidine rings is 1. The normalized spacial score (nSPS) is 20.9. The van der Waals surface area contributed by atoms with E-state index in [1.807, 2.05) is 49.5 Å². The van der Waals surface area contributed by atoms with Crippen LogP contribution in [0.25, 0.3) is 17.1 Å². The Labute approximate surface area is 202 Å². The fraction of sp³-hybridized carbons (Fsp3) is 0.440. The molecule has 0 N–H and O–H groups in total. The number of fused-ring (bicyclic) bond motifs is 2. The van der Waals surface area contributed by atoms with Gasteiger partial charge in [0.1, 0.15) is 11.4 Å². The number of carbonyl (C=O) groups excluding carboxylic acids is 2. The first kappa shape index (κ1) is 22.6. The molecule has 0 radical (unpaired) electrons. The number of rotatable bonds is 4. The number of hydrogen-bond acceptors (Lipinski definition) is 7. The molecule has 5 rings (SSSR count). The molecule has 8 nitrogen and oxygen atoms in total. The van der Waals surface area contributed by atoms with Gasteiger partial charge >= 0.3 is 12.1 Å². The molecule has 3 heterocycles. The third-order valence-electron chi connectivity index (χ3n) is 6.21. The number of ether oxygens (including phenoxy) is 2. The number of carbonyl (C=O) groups is 2. The molecule has 3 aromatic rings. The third kappa shape index (κ3) is 4.44. The van der Waals surface area contributed by atoms with Crippen molar-refractivity contribution in [2.75, 3.05) is 13.7 Å². The summed E-state index contributed by atoms with van der Waals surface area (Å²) in [5.41, 5.74) is 4.81. The highest BCUT2D eigenvalue weighted by Crippen LogP contribution is 2.47. The minimum absolute atomic E-state index is 0.195. The topological polar surface area (TPSA) is 86.5 Å². The average molecular weight is 481 g/mol. The number of likely N-dealkylation sites (tertiary alicyclic amines) is 1. The molecule has 1 saturated heterocycles. The van der Waals surface area contributed by atoms with Crippen LogP contribution < -0.4 is 0 Å². The van der Waals surface area contributed by atoms with Crippen LogP contribution in [0.3, 0.4) is 0 Å². The van der Waals surface area contributed by atoms with E-state index >= 15 is 0 Å². The number of esters is 1. The van der Waals surface area contributed by atoms with E-state index < -0.39 is 5.60 Å². The first-order valence-electron chi connectivity index (χ1n) is 11.4. The monoisotopic (exact) mass is 480 g/mol. The second kappa shape index (κ2) is 8.54. The highest BCUT2D eigenvalue weighted by Gasteiger charge is 2.49. The number of methoxy groups -OCH3 is 1. The van der Waals surface area contributed by atoms with Crippen molar-refractivity contribution in [3.63, 3.8) is 0 Å². The van der Waals surface area contributed by atoms with Crippen LogP contribution in [-0.2, 0) is 16.0 Å². The number of benzene rings is 1. The van der Waals surface area contributed by atoms with Gasteiger partial charge in [0.2, 0.25) is 0 Å². The smallest absolute Gasteiger partial charge is 0.410 e. The van der Waals surface area contributed by atoms with Crippen molar-refractivity contribution in [3.8, 4) is 0 Å². The summed E-state index contributed by atoms with van der Waals surface area (Å²) in [6.07, 6.45) is 5.53. The van der Waals surface area contributed by atoms with Gasteiger partial charge in [0, 0.05) is 29.6 Å². The molecule has 0 spiro atoms. The van der Waals surface area contributed by atoms with Crippen LogP contribution in [-0.4, -0.2) is 56.8 Å². The summed E-state index contributed by atoms with van der Waals surface area (Å²) in [4.78, 5) is 36.8. The van der Waals surface area contributed by atoms with Gasteiger partial charge in [-0.05, 0) is 57.9 Å². The molecular formula is C25H28N4O4S. The Balaban J connectivity index is 1.46. The van der Waals surface area contributed by atoms with Gasteiger partial charge in [0.25, 0.3) is 0 Å². The lowest BCUT2D eigenvalue weighted by Gasteiger charge is -2.30. The SMILES string of the molecule is COC(=O)c1ccc2nc(/C=C3/CCN(C(=O)OC(C)(C)C)C4CC34)n(Cc3cncs3)c2c1. The summed E-state index contributed by atoms with van der Waals surface area (Å²) in [5, 5.41) is 0. The van der Waals surface area contributed by atoms with Crippen LogP contribution in [0.2, 0.25) is 0 Å². The molecule has 2 unspecified atom stereocenters. The van der Waals surface area contributed by atoms with Crippen molar-refractivity contribution in [2.24, 2.45) is 5.92 Å². The maximum atomic E-state index is 12.6. The van der Waals surface area contributed by atoms with Crippen molar-refractivity contribution in [3.05, 3.63) is 51.7 Å². The van der Waals surface area contributed by atoms with E-state index in [0.29, 0.717) is 24.6 Å². The summed E-state index contributed by atoms with van der Waals surface area (Å²) in [5.74, 6) is 0.808. The standard InChI is InChI=1S/C25H28N4O4S/c1-25(2,3)33-24(31)28-8-7-15(18-11-20(18)28)10-22-27-19-6-5-16(23(30)32-4)9-21(19)29(22)13-17-12-26-14-34-17/h5-6,9-10,12,14,18,20H,7-8,11,13H2,1-4H3/b15-10-. The van der Waals surface area contributed by atoms with Gasteiger partial charge in [-0.2, -0.15) is 0 Å². The van der Waals surface area contributed by atoms with E-state index in [1.54, 1.807) is 17.4 Å². The average Bonchev–Trinajstić information content (AvgIpc) is 3.29. The van der Waals surface area contributed by atoms with Crippen LogP contribution in [0.5, 0.6) is 0 Å². The molecule has 0 bridgehead atoms. The molecule has 34 heavy (non-hydrogen) atoms. The van der Waals surface area contributed by atoms with E-state index in [-0.39, 0.29) is 18.1 Å². The molecule has 2 atom stereocenters. The zero-order valence-corrected chi connectivity index (χ0v) is 20.6. The van der Waals surface area contributed by atoms with E-state index in [1.165, 1.54) is 12.7 Å². The minimum atomic E-state index is -0.498. The Morgan fingerprint density at radius 3 is 2.82 bits per heavy atom. The second-order valence-corrected chi connectivity index (χ2v) is 10.7. The van der Waals surface area contributed by atoms with Gasteiger partial charge in [0.05, 0.1) is 35.8 Å². The van der Waals surface area contributed by atoms with Gasteiger partial charge in [-0.1, -0.05) is 5.57 Å². The molecule has 1 amide bonds. The summed E-state index contributed by atoms with van der Waals surface area (Å²) in [6.45, 7) is 6.93. The lowest BCUT2D eigenvalue weighted by Crippen LogP contribution is -2.41. The number of aromatic nitrogens is 3. The van der Waals surface area contributed by atoms with Gasteiger partial charge in [0.15, 0.2) is 0 Å². The van der Waals surface area contributed by atoms with Crippen molar-refractivity contribution >= 4 is 40.5 Å². The van der Waals surface area contributed by atoms with Crippen molar-refractivity contribution in [1.82, 2.24) is 19.4 Å².